The lowest BCUT2D eigenvalue weighted by Gasteiger charge is -2.07. The zero-order valence-corrected chi connectivity index (χ0v) is 5.82. The van der Waals surface area contributed by atoms with E-state index in [1.807, 2.05) is 0 Å². The zero-order valence-electron chi connectivity index (χ0n) is 5.82. The molecule has 0 rings (SSSR count). The third-order valence-corrected chi connectivity index (χ3v) is 0.832. The van der Waals surface area contributed by atoms with Crippen molar-refractivity contribution in [1.82, 2.24) is 0 Å². The summed E-state index contributed by atoms with van der Waals surface area (Å²) in [4.78, 5) is 0. The van der Waals surface area contributed by atoms with Gasteiger partial charge in [0.25, 0.3) is 0 Å². The molecule has 0 saturated carbocycles. The first-order valence-electron chi connectivity index (χ1n) is 2.75. The van der Waals surface area contributed by atoms with Crippen molar-refractivity contribution in [1.29, 1.82) is 0 Å². The Balaban J connectivity index is 4.11. The van der Waals surface area contributed by atoms with Crippen molar-refractivity contribution in [3.05, 3.63) is 24.3 Å². The first-order chi connectivity index (χ1) is 3.95. The molecule has 52 valence electrons. The number of alkyl halides is 1. The van der Waals surface area contributed by atoms with Gasteiger partial charge in [-0.1, -0.05) is 18.2 Å². The van der Waals surface area contributed by atoms with E-state index in [0.29, 0.717) is 0 Å². The number of allylic oxidation sites excluding steroid dienone is 2. The average Bonchev–Trinajstić information content (AvgIpc) is 1.62. The van der Waals surface area contributed by atoms with E-state index >= 15 is 0 Å². The second kappa shape index (κ2) is 2.78. The molecular formula is C7H12FN. The second-order valence-corrected chi connectivity index (χ2v) is 2.24. The minimum Gasteiger partial charge on any atom is -0.296 e. The molecule has 0 aliphatic rings. The predicted molar refractivity (Wildman–Crippen MR) is 37.7 cm³/mol. The van der Waals surface area contributed by atoms with Gasteiger partial charge in [-0.2, -0.15) is 0 Å². The Morgan fingerprint density at radius 1 is 1.78 bits per heavy atom. The second-order valence-electron chi connectivity index (χ2n) is 2.24. The summed E-state index contributed by atoms with van der Waals surface area (Å²) in [7, 11) is 0. The summed E-state index contributed by atoms with van der Waals surface area (Å²) >= 11 is 0. The molecule has 2 N–H and O–H groups in total. The normalized spacial score (nSPS) is 18.9. The van der Waals surface area contributed by atoms with Gasteiger partial charge in [0.2, 0.25) is 0 Å². The number of hydrogen-bond acceptors (Lipinski definition) is 1. The molecule has 0 spiro atoms. The van der Waals surface area contributed by atoms with Crippen LogP contribution in [-0.4, -0.2) is 5.79 Å². The highest BCUT2D eigenvalue weighted by Crippen LogP contribution is 2.06. The van der Waals surface area contributed by atoms with Gasteiger partial charge >= 0.3 is 0 Å². The monoisotopic (exact) mass is 129 g/mol. The number of nitrogens with two attached hydrogens (primary N) is 1. The van der Waals surface area contributed by atoms with Crippen LogP contribution in [0.1, 0.15) is 13.8 Å². The van der Waals surface area contributed by atoms with E-state index in [9.17, 15) is 4.39 Å². The van der Waals surface area contributed by atoms with Crippen molar-refractivity contribution >= 4 is 0 Å². The molecule has 0 aliphatic carbocycles. The fourth-order valence-corrected chi connectivity index (χ4v) is 0.504. The van der Waals surface area contributed by atoms with E-state index in [0.717, 1.165) is 5.57 Å². The van der Waals surface area contributed by atoms with E-state index in [4.69, 9.17) is 5.73 Å². The third-order valence-electron chi connectivity index (χ3n) is 0.832. The molecule has 0 radical (unpaired) electrons. The van der Waals surface area contributed by atoms with Crippen molar-refractivity contribution in [2.24, 2.45) is 5.73 Å². The van der Waals surface area contributed by atoms with Crippen LogP contribution in [0, 0.1) is 0 Å². The molecule has 0 fully saturated rings. The number of hydrogen-bond donors (Lipinski definition) is 1. The van der Waals surface area contributed by atoms with Gasteiger partial charge < -0.3 is 0 Å². The first kappa shape index (κ1) is 8.37. The van der Waals surface area contributed by atoms with Crippen LogP contribution in [0.15, 0.2) is 24.3 Å². The maximum Gasteiger partial charge on any atom is 0.175 e. The highest BCUT2D eigenvalue weighted by molar-refractivity contribution is 5.16. The molecule has 0 heterocycles. The van der Waals surface area contributed by atoms with E-state index in [1.165, 1.54) is 13.0 Å². The summed E-state index contributed by atoms with van der Waals surface area (Å²) in [5.74, 6) is -1.71. The van der Waals surface area contributed by atoms with Crippen LogP contribution in [-0.2, 0) is 0 Å². The Hall–Kier alpha value is -0.630. The molecule has 0 aliphatic heterocycles. The molecule has 9 heavy (non-hydrogen) atoms. The summed E-state index contributed by atoms with van der Waals surface area (Å²) in [6.45, 7) is 6.49. The fourth-order valence-electron chi connectivity index (χ4n) is 0.504. The zero-order chi connectivity index (χ0) is 7.49. The third kappa shape index (κ3) is 5.24. The Bertz CT molecular complexity index is 130. The largest absolute Gasteiger partial charge is 0.296 e. The highest BCUT2D eigenvalue weighted by atomic mass is 19.1. The summed E-state index contributed by atoms with van der Waals surface area (Å²) in [6, 6.07) is 0. The minimum absolute atomic E-state index is 0.752. The molecule has 1 nitrogen and oxygen atoms in total. The average molecular weight is 129 g/mol. The molecule has 1 atom stereocenters. The van der Waals surface area contributed by atoms with Gasteiger partial charge in [-0.15, -0.1) is 0 Å². The molecule has 1 unspecified atom stereocenters. The summed E-state index contributed by atoms with van der Waals surface area (Å²) in [5.41, 5.74) is 5.77. The van der Waals surface area contributed by atoms with Gasteiger partial charge in [0.1, 0.15) is 0 Å². The van der Waals surface area contributed by atoms with Gasteiger partial charge in [-0.25, -0.2) is 4.39 Å². The van der Waals surface area contributed by atoms with E-state index < -0.39 is 5.79 Å². The summed E-state index contributed by atoms with van der Waals surface area (Å²) in [6.07, 6.45) is 2.88. The van der Waals surface area contributed by atoms with E-state index in [1.54, 1.807) is 13.0 Å². The Labute approximate surface area is 55.1 Å². The Morgan fingerprint density at radius 3 is 2.33 bits per heavy atom. The lowest BCUT2D eigenvalue weighted by atomic mass is 10.2. The highest BCUT2D eigenvalue weighted by Gasteiger charge is 2.10. The van der Waals surface area contributed by atoms with Gasteiger partial charge in [0, 0.05) is 0 Å². The molecule has 0 aromatic rings. The van der Waals surface area contributed by atoms with Crippen LogP contribution >= 0.6 is 0 Å². The number of halogens is 1. The maximum atomic E-state index is 12.5. The lowest BCUT2D eigenvalue weighted by molar-refractivity contribution is 0.268. The molecular weight excluding hydrogens is 117 g/mol. The van der Waals surface area contributed by atoms with Crippen LogP contribution < -0.4 is 5.73 Å². The molecule has 0 bridgehead atoms. The molecule has 0 amide bonds. The quantitative estimate of drug-likeness (QED) is 0.446. The van der Waals surface area contributed by atoms with Crippen molar-refractivity contribution in [3.8, 4) is 0 Å². The van der Waals surface area contributed by atoms with Crippen LogP contribution in [0.3, 0.4) is 0 Å². The Morgan fingerprint density at radius 2 is 2.22 bits per heavy atom. The number of rotatable bonds is 2. The maximum absolute atomic E-state index is 12.5. The molecule has 0 saturated heterocycles. The predicted octanol–water partition coefficient (Wildman–Crippen LogP) is 1.76. The van der Waals surface area contributed by atoms with Gasteiger partial charge in [-0.05, 0) is 19.9 Å². The topological polar surface area (TPSA) is 26.0 Å². The van der Waals surface area contributed by atoms with E-state index in [-0.39, 0.29) is 0 Å². The lowest BCUT2D eigenvalue weighted by Crippen LogP contribution is -2.27. The van der Waals surface area contributed by atoms with Crippen molar-refractivity contribution in [3.63, 3.8) is 0 Å². The van der Waals surface area contributed by atoms with E-state index in [2.05, 4.69) is 6.58 Å². The molecule has 0 aromatic carbocycles. The Kier molecular flexibility index (Phi) is 2.59. The van der Waals surface area contributed by atoms with Crippen LogP contribution in [0.25, 0.3) is 0 Å². The fraction of sp³-hybridized carbons (Fsp3) is 0.429. The van der Waals surface area contributed by atoms with Crippen molar-refractivity contribution < 1.29 is 4.39 Å². The summed E-state index contributed by atoms with van der Waals surface area (Å²) < 4.78 is 12.5. The molecule has 2 heteroatoms. The SMILES string of the molecule is C=C/C(C)=C\C(C)(N)F. The standard InChI is InChI=1S/C7H12FN/c1-4-6(2)5-7(3,8)9/h4-5H,1,9H2,2-3H3/b6-5-. The van der Waals surface area contributed by atoms with Crippen molar-refractivity contribution in [2.75, 3.05) is 0 Å². The van der Waals surface area contributed by atoms with Gasteiger partial charge in [-0.3, -0.25) is 5.73 Å². The minimum atomic E-state index is -1.71. The first-order valence-corrected chi connectivity index (χ1v) is 2.75. The van der Waals surface area contributed by atoms with Gasteiger partial charge in [0.15, 0.2) is 5.79 Å². The van der Waals surface area contributed by atoms with Crippen molar-refractivity contribution in [2.45, 2.75) is 19.6 Å². The smallest absolute Gasteiger partial charge is 0.175 e. The van der Waals surface area contributed by atoms with Crippen LogP contribution in [0.2, 0.25) is 0 Å². The van der Waals surface area contributed by atoms with Crippen LogP contribution in [0.4, 0.5) is 4.39 Å². The van der Waals surface area contributed by atoms with Crippen LogP contribution in [0.5, 0.6) is 0 Å². The van der Waals surface area contributed by atoms with Gasteiger partial charge in [0.05, 0.1) is 0 Å². The molecule has 0 aromatic heterocycles. The summed E-state index contributed by atoms with van der Waals surface area (Å²) in [5, 5.41) is 0.